The molecule has 6 nitrogen and oxygen atoms in total. The fourth-order valence-corrected chi connectivity index (χ4v) is 6.82. The Hall–Kier alpha value is -4.75. The molecule has 7 heteroatoms. The van der Waals surface area contributed by atoms with Crippen molar-refractivity contribution in [3.8, 4) is 17.1 Å². The number of benzene rings is 4. The molecule has 0 bridgehead atoms. The van der Waals surface area contributed by atoms with Gasteiger partial charge >= 0.3 is 0 Å². The zero-order valence-corrected chi connectivity index (χ0v) is 24.5. The van der Waals surface area contributed by atoms with Crippen LogP contribution in [0.2, 0.25) is 0 Å². The third kappa shape index (κ3) is 4.56. The average Bonchev–Trinajstić information content (AvgIpc) is 3.37. The van der Waals surface area contributed by atoms with E-state index in [9.17, 15) is 8.42 Å². The Balaban J connectivity index is 1.73. The number of nitrogens with zero attached hydrogens (tertiary/aromatic N) is 3. The van der Waals surface area contributed by atoms with Gasteiger partial charge in [-0.25, -0.2) is 13.1 Å². The molecule has 2 aromatic heterocycles. The van der Waals surface area contributed by atoms with Crippen LogP contribution in [0.4, 0.5) is 0 Å². The summed E-state index contributed by atoms with van der Waals surface area (Å²) in [5.41, 5.74) is 5.25. The predicted molar refractivity (Wildman–Crippen MR) is 167 cm³/mol. The number of ether oxygens (including phenoxy) is 1. The van der Waals surface area contributed by atoms with Crippen LogP contribution in [0, 0.1) is 6.92 Å². The molecule has 0 saturated heterocycles. The summed E-state index contributed by atoms with van der Waals surface area (Å²) in [4.78, 5) is 5.09. The molecule has 42 heavy (non-hydrogen) atoms. The number of aryl methyl sites for hydroxylation is 1. The predicted octanol–water partition coefficient (Wildman–Crippen LogP) is 7.05. The second kappa shape index (κ2) is 10.9. The molecular weight excluding hydrogens is 542 g/mol. The highest BCUT2D eigenvalue weighted by atomic mass is 32.2. The first-order valence-corrected chi connectivity index (χ1v) is 15.7. The average molecular weight is 574 g/mol. The maximum atomic E-state index is 12.3. The van der Waals surface area contributed by atoms with E-state index in [1.165, 1.54) is 6.26 Å². The Bertz CT molecular complexity index is 1870. The minimum atomic E-state index is -3.36. The molecule has 4 aromatic carbocycles. The van der Waals surface area contributed by atoms with Gasteiger partial charge in [-0.15, -0.1) is 5.10 Å². The van der Waals surface area contributed by atoms with Gasteiger partial charge in [0.15, 0.2) is 9.84 Å². The number of rotatable bonds is 8. The highest BCUT2D eigenvalue weighted by Gasteiger charge is 2.41. The zero-order valence-electron chi connectivity index (χ0n) is 23.7. The van der Waals surface area contributed by atoms with Gasteiger partial charge in [0.05, 0.1) is 28.1 Å². The summed E-state index contributed by atoms with van der Waals surface area (Å²) in [6.07, 6.45) is 3.00. The monoisotopic (exact) mass is 573 g/mol. The molecule has 0 aliphatic rings. The Morgan fingerprint density at radius 3 is 1.81 bits per heavy atom. The van der Waals surface area contributed by atoms with E-state index in [0.29, 0.717) is 28.6 Å². The van der Waals surface area contributed by atoms with E-state index < -0.39 is 15.4 Å². The summed E-state index contributed by atoms with van der Waals surface area (Å²) in [6.45, 7) is 4.16. The summed E-state index contributed by atoms with van der Waals surface area (Å²) < 4.78 is 32.9. The molecule has 210 valence electrons. The first-order chi connectivity index (χ1) is 20.4. The number of fused-ring (bicyclic) bond motifs is 1. The van der Waals surface area contributed by atoms with Gasteiger partial charge in [0.1, 0.15) is 5.54 Å². The number of aromatic nitrogens is 3. The first-order valence-electron chi connectivity index (χ1n) is 13.8. The fourth-order valence-electron chi connectivity index (χ4n) is 5.86. The third-order valence-corrected chi connectivity index (χ3v) is 8.84. The molecule has 6 aromatic rings. The van der Waals surface area contributed by atoms with Gasteiger partial charge in [-0.2, -0.15) is 0 Å². The standard InChI is InChI=1S/C35H31N3O3S/c1-4-41-34-32-30(22-23-36-33(32)26-20-21-31(25(2)24-26)42(3,39)40)38(37-34)35(27-14-8-5-9-15-27,28-16-10-6-11-17-28)29-18-12-7-13-19-29/h5-24H,4H2,1-3H3. The molecule has 0 aliphatic heterocycles. The van der Waals surface area contributed by atoms with Crippen LogP contribution in [0.5, 0.6) is 5.88 Å². The number of hydrogen-bond donors (Lipinski definition) is 0. The van der Waals surface area contributed by atoms with Crippen LogP contribution in [-0.4, -0.2) is 36.0 Å². The quantitative estimate of drug-likeness (QED) is 0.183. The molecular formula is C35H31N3O3S. The highest BCUT2D eigenvalue weighted by Crippen LogP contribution is 2.45. The summed E-state index contributed by atoms with van der Waals surface area (Å²) in [5.74, 6) is 0.465. The first kappa shape index (κ1) is 27.4. The topological polar surface area (TPSA) is 74.1 Å². The maximum Gasteiger partial charge on any atom is 0.243 e. The van der Waals surface area contributed by atoms with Crippen molar-refractivity contribution in [2.24, 2.45) is 0 Å². The van der Waals surface area contributed by atoms with Crippen LogP contribution in [0.3, 0.4) is 0 Å². The lowest BCUT2D eigenvalue weighted by Gasteiger charge is -2.36. The Morgan fingerprint density at radius 1 is 0.786 bits per heavy atom. The lowest BCUT2D eigenvalue weighted by Crippen LogP contribution is -2.38. The van der Waals surface area contributed by atoms with Crippen molar-refractivity contribution in [1.29, 1.82) is 0 Å². The lowest BCUT2D eigenvalue weighted by atomic mass is 9.77. The second-order valence-corrected chi connectivity index (χ2v) is 12.2. The van der Waals surface area contributed by atoms with Crippen molar-refractivity contribution in [3.05, 3.63) is 144 Å². The Labute approximate surface area is 246 Å². The van der Waals surface area contributed by atoms with E-state index in [0.717, 1.165) is 33.2 Å². The molecule has 6 rings (SSSR count). The normalized spacial score (nSPS) is 12.0. The lowest BCUT2D eigenvalue weighted by molar-refractivity contribution is 0.319. The summed E-state index contributed by atoms with van der Waals surface area (Å²) >= 11 is 0. The molecule has 0 unspecified atom stereocenters. The van der Waals surface area contributed by atoms with Crippen molar-refractivity contribution in [1.82, 2.24) is 14.8 Å². The summed E-state index contributed by atoms with van der Waals surface area (Å²) in [5, 5.41) is 5.97. The van der Waals surface area contributed by atoms with Crippen LogP contribution in [0.25, 0.3) is 22.2 Å². The van der Waals surface area contributed by atoms with Crippen molar-refractivity contribution in [3.63, 3.8) is 0 Å². The minimum absolute atomic E-state index is 0.301. The van der Waals surface area contributed by atoms with Crippen molar-refractivity contribution >= 4 is 20.7 Å². The highest BCUT2D eigenvalue weighted by molar-refractivity contribution is 7.90. The van der Waals surface area contributed by atoms with Crippen LogP contribution in [0.1, 0.15) is 29.2 Å². The van der Waals surface area contributed by atoms with Gasteiger partial charge in [0.2, 0.25) is 5.88 Å². The second-order valence-electron chi connectivity index (χ2n) is 10.3. The summed E-state index contributed by atoms with van der Waals surface area (Å²) in [7, 11) is -3.36. The largest absolute Gasteiger partial charge is 0.476 e. The van der Waals surface area contributed by atoms with Gasteiger partial charge in [-0.1, -0.05) is 97.1 Å². The van der Waals surface area contributed by atoms with Gasteiger partial charge in [-0.05, 0) is 54.3 Å². The van der Waals surface area contributed by atoms with Crippen molar-refractivity contribution in [2.45, 2.75) is 24.3 Å². The van der Waals surface area contributed by atoms with Crippen LogP contribution < -0.4 is 4.74 Å². The van der Waals surface area contributed by atoms with Crippen LogP contribution in [0.15, 0.2) is 126 Å². The molecule has 0 radical (unpaired) electrons. The zero-order chi connectivity index (χ0) is 29.3. The molecule has 0 N–H and O–H groups in total. The van der Waals surface area contributed by atoms with E-state index in [4.69, 9.17) is 14.8 Å². The van der Waals surface area contributed by atoms with Crippen molar-refractivity contribution in [2.75, 3.05) is 12.9 Å². The SMILES string of the molecule is CCOc1nn(C(c2ccccc2)(c2ccccc2)c2ccccc2)c2ccnc(-c3ccc(S(C)(=O)=O)c(C)c3)c12. The van der Waals surface area contributed by atoms with Gasteiger partial charge < -0.3 is 4.74 Å². The molecule has 0 atom stereocenters. The number of pyridine rings is 1. The fraction of sp³-hybridized carbons (Fsp3) is 0.143. The van der Waals surface area contributed by atoms with Gasteiger partial charge in [-0.3, -0.25) is 4.98 Å². The van der Waals surface area contributed by atoms with Gasteiger partial charge in [0.25, 0.3) is 0 Å². The Kier molecular flexibility index (Phi) is 7.12. The van der Waals surface area contributed by atoms with E-state index in [1.54, 1.807) is 25.3 Å². The van der Waals surface area contributed by atoms with E-state index in [2.05, 4.69) is 41.1 Å². The molecule has 0 saturated carbocycles. The summed E-state index contributed by atoms with van der Waals surface area (Å²) in [6, 6.07) is 38.4. The van der Waals surface area contributed by atoms with Crippen LogP contribution in [-0.2, 0) is 15.4 Å². The minimum Gasteiger partial charge on any atom is -0.476 e. The van der Waals surface area contributed by atoms with Crippen LogP contribution >= 0.6 is 0 Å². The molecule has 0 aliphatic carbocycles. The Morgan fingerprint density at radius 2 is 1.33 bits per heavy atom. The molecule has 0 spiro atoms. The van der Waals surface area contributed by atoms with E-state index in [-0.39, 0.29) is 0 Å². The van der Waals surface area contributed by atoms with E-state index >= 15 is 0 Å². The van der Waals surface area contributed by atoms with Gasteiger partial charge in [0, 0.05) is 18.0 Å². The number of sulfone groups is 1. The number of hydrogen-bond acceptors (Lipinski definition) is 5. The smallest absolute Gasteiger partial charge is 0.243 e. The van der Waals surface area contributed by atoms with E-state index in [1.807, 2.05) is 73.7 Å². The maximum absolute atomic E-state index is 12.3. The molecule has 0 amide bonds. The molecule has 0 fully saturated rings. The molecule has 2 heterocycles. The van der Waals surface area contributed by atoms with Crippen molar-refractivity contribution < 1.29 is 13.2 Å². The third-order valence-electron chi connectivity index (χ3n) is 7.58.